The largest absolute Gasteiger partial charge is 0.347 e. The second-order valence-corrected chi connectivity index (χ2v) is 5.98. The molecule has 0 radical (unpaired) electrons. The fraction of sp³-hybridized carbons (Fsp3) is 0.562. The molecule has 6 heteroatoms. The van der Waals surface area contributed by atoms with Crippen LogP contribution in [-0.2, 0) is 13.6 Å². The maximum absolute atomic E-state index is 12.7. The summed E-state index contributed by atoms with van der Waals surface area (Å²) in [7, 11) is 1.91. The molecule has 2 aromatic rings. The number of amides is 1. The SMILES string of the molecule is CCCn1cnnc1C1CCCN(C(=O)c2cccn2C)C1. The Balaban J connectivity index is 1.75. The minimum Gasteiger partial charge on any atom is -0.347 e. The average Bonchev–Trinajstić information content (AvgIpc) is 3.16. The van der Waals surface area contributed by atoms with E-state index in [1.807, 2.05) is 34.8 Å². The maximum Gasteiger partial charge on any atom is 0.270 e. The van der Waals surface area contributed by atoms with Gasteiger partial charge in [-0.3, -0.25) is 4.79 Å². The molecule has 0 aromatic carbocycles. The average molecular weight is 301 g/mol. The second-order valence-electron chi connectivity index (χ2n) is 5.98. The van der Waals surface area contributed by atoms with Gasteiger partial charge >= 0.3 is 0 Å². The summed E-state index contributed by atoms with van der Waals surface area (Å²) in [6.45, 7) is 4.63. The number of hydrogen-bond acceptors (Lipinski definition) is 3. The molecule has 0 saturated carbocycles. The molecule has 1 fully saturated rings. The number of rotatable bonds is 4. The Hall–Kier alpha value is -2.11. The third-order valence-electron chi connectivity index (χ3n) is 4.35. The molecule has 22 heavy (non-hydrogen) atoms. The first-order chi connectivity index (χ1) is 10.7. The van der Waals surface area contributed by atoms with Crippen LogP contribution in [0.4, 0.5) is 0 Å². The monoisotopic (exact) mass is 301 g/mol. The first kappa shape index (κ1) is 14.8. The van der Waals surface area contributed by atoms with E-state index in [-0.39, 0.29) is 11.8 Å². The molecule has 118 valence electrons. The number of likely N-dealkylation sites (tertiary alicyclic amines) is 1. The normalized spacial score (nSPS) is 18.6. The predicted octanol–water partition coefficient (Wildman–Crippen LogP) is 2.05. The topological polar surface area (TPSA) is 56.0 Å². The van der Waals surface area contributed by atoms with Crippen molar-refractivity contribution in [2.45, 2.75) is 38.6 Å². The Labute approximate surface area is 130 Å². The van der Waals surface area contributed by atoms with Gasteiger partial charge in [0.2, 0.25) is 0 Å². The second kappa shape index (κ2) is 6.34. The van der Waals surface area contributed by atoms with Gasteiger partial charge in [0.05, 0.1) is 0 Å². The van der Waals surface area contributed by atoms with Crippen molar-refractivity contribution in [3.63, 3.8) is 0 Å². The highest BCUT2D eigenvalue weighted by atomic mass is 16.2. The van der Waals surface area contributed by atoms with E-state index in [1.54, 1.807) is 6.33 Å². The summed E-state index contributed by atoms with van der Waals surface area (Å²) in [6, 6.07) is 3.79. The summed E-state index contributed by atoms with van der Waals surface area (Å²) >= 11 is 0. The van der Waals surface area contributed by atoms with E-state index in [0.717, 1.165) is 50.4 Å². The highest BCUT2D eigenvalue weighted by Crippen LogP contribution is 2.26. The van der Waals surface area contributed by atoms with Gasteiger partial charge < -0.3 is 14.0 Å². The first-order valence-electron chi connectivity index (χ1n) is 7.99. The third-order valence-corrected chi connectivity index (χ3v) is 4.35. The lowest BCUT2D eigenvalue weighted by atomic mass is 9.96. The van der Waals surface area contributed by atoms with Crippen molar-refractivity contribution in [2.24, 2.45) is 7.05 Å². The van der Waals surface area contributed by atoms with E-state index in [0.29, 0.717) is 0 Å². The summed E-state index contributed by atoms with van der Waals surface area (Å²) in [5, 5.41) is 8.36. The molecule has 1 aliphatic heterocycles. The number of hydrogen-bond donors (Lipinski definition) is 0. The fourth-order valence-corrected chi connectivity index (χ4v) is 3.21. The van der Waals surface area contributed by atoms with Crippen molar-refractivity contribution in [3.8, 4) is 0 Å². The minimum atomic E-state index is 0.110. The molecule has 3 heterocycles. The van der Waals surface area contributed by atoms with Gasteiger partial charge in [0, 0.05) is 38.8 Å². The van der Waals surface area contributed by atoms with Gasteiger partial charge in [-0.1, -0.05) is 6.92 Å². The lowest BCUT2D eigenvalue weighted by molar-refractivity contribution is 0.0693. The van der Waals surface area contributed by atoms with E-state index in [1.165, 1.54) is 0 Å². The Morgan fingerprint density at radius 3 is 3.05 bits per heavy atom. The predicted molar refractivity (Wildman–Crippen MR) is 83.6 cm³/mol. The standard InChI is InChI=1S/C16H23N5O/c1-3-8-21-12-17-18-15(21)13-6-4-10-20(11-13)16(22)14-7-5-9-19(14)2/h5,7,9,12-13H,3-4,6,8,10-11H2,1-2H3. The lowest BCUT2D eigenvalue weighted by Crippen LogP contribution is -2.40. The van der Waals surface area contributed by atoms with Crippen LogP contribution in [0.3, 0.4) is 0 Å². The van der Waals surface area contributed by atoms with Gasteiger partial charge in [-0.05, 0) is 31.4 Å². The summed E-state index contributed by atoms with van der Waals surface area (Å²) in [5.74, 6) is 1.41. The molecule has 0 bridgehead atoms. The molecule has 2 aromatic heterocycles. The van der Waals surface area contributed by atoms with Crippen LogP contribution in [-0.4, -0.2) is 43.2 Å². The molecule has 3 rings (SSSR count). The molecule has 0 aliphatic carbocycles. The quantitative estimate of drug-likeness (QED) is 0.868. The van der Waals surface area contributed by atoms with Gasteiger partial charge in [-0.15, -0.1) is 10.2 Å². The van der Waals surface area contributed by atoms with Gasteiger partial charge in [-0.25, -0.2) is 0 Å². The van der Waals surface area contributed by atoms with Crippen LogP contribution in [0.25, 0.3) is 0 Å². The molecule has 0 N–H and O–H groups in total. The highest BCUT2D eigenvalue weighted by molar-refractivity contribution is 5.92. The van der Waals surface area contributed by atoms with Crippen molar-refractivity contribution >= 4 is 5.91 Å². The molecule has 1 amide bonds. The van der Waals surface area contributed by atoms with Crippen LogP contribution in [0, 0.1) is 0 Å². The summed E-state index contributed by atoms with van der Waals surface area (Å²) in [6.07, 6.45) is 6.85. The van der Waals surface area contributed by atoms with Crippen LogP contribution >= 0.6 is 0 Å². The fourth-order valence-electron chi connectivity index (χ4n) is 3.21. The van der Waals surface area contributed by atoms with Crippen molar-refractivity contribution in [1.82, 2.24) is 24.2 Å². The van der Waals surface area contributed by atoms with E-state index in [9.17, 15) is 4.79 Å². The van der Waals surface area contributed by atoms with Crippen LogP contribution < -0.4 is 0 Å². The zero-order chi connectivity index (χ0) is 15.5. The van der Waals surface area contributed by atoms with Crippen molar-refractivity contribution < 1.29 is 4.79 Å². The summed E-state index contributed by atoms with van der Waals surface area (Å²) < 4.78 is 4.01. The van der Waals surface area contributed by atoms with E-state index >= 15 is 0 Å². The smallest absolute Gasteiger partial charge is 0.270 e. The van der Waals surface area contributed by atoms with Gasteiger partial charge in [0.15, 0.2) is 0 Å². The van der Waals surface area contributed by atoms with Crippen LogP contribution in [0.5, 0.6) is 0 Å². The minimum absolute atomic E-state index is 0.110. The van der Waals surface area contributed by atoms with E-state index in [4.69, 9.17) is 0 Å². The maximum atomic E-state index is 12.7. The zero-order valence-electron chi connectivity index (χ0n) is 13.3. The molecule has 1 aliphatic rings. The summed E-state index contributed by atoms with van der Waals surface area (Å²) in [4.78, 5) is 14.6. The Morgan fingerprint density at radius 1 is 1.45 bits per heavy atom. The molecular formula is C16H23N5O. The molecule has 1 unspecified atom stereocenters. The number of carbonyl (C=O) groups excluding carboxylic acids is 1. The van der Waals surface area contributed by atoms with Crippen LogP contribution in [0.15, 0.2) is 24.7 Å². The molecule has 1 saturated heterocycles. The molecule has 6 nitrogen and oxygen atoms in total. The van der Waals surface area contributed by atoms with Crippen molar-refractivity contribution in [3.05, 3.63) is 36.2 Å². The molecule has 0 spiro atoms. The number of aromatic nitrogens is 4. The van der Waals surface area contributed by atoms with Crippen molar-refractivity contribution in [2.75, 3.05) is 13.1 Å². The Morgan fingerprint density at radius 2 is 2.32 bits per heavy atom. The highest BCUT2D eigenvalue weighted by Gasteiger charge is 2.29. The Kier molecular flexibility index (Phi) is 4.27. The van der Waals surface area contributed by atoms with Gasteiger partial charge in [0.25, 0.3) is 5.91 Å². The molecule has 1 atom stereocenters. The lowest BCUT2D eigenvalue weighted by Gasteiger charge is -2.32. The van der Waals surface area contributed by atoms with E-state index < -0.39 is 0 Å². The number of piperidine rings is 1. The van der Waals surface area contributed by atoms with Gasteiger partial charge in [-0.2, -0.15) is 0 Å². The van der Waals surface area contributed by atoms with Crippen molar-refractivity contribution in [1.29, 1.82) is 0 Å². The van der Waals surface area contributed by atoms with E-state index in [2.05, 4.69) is 21.7 Å². The zero-order valence-corrected chi connectivity index (χ0v) is 13.3. The number of aryl methyl sites for hydroxylation is 2. The Bertz CT molecular complexity index is 645. The summed E-state index contributed by atoms with van der Waals surface area (Å²) in [5.41, 5.74) is 0.746. The first-order valence-corrected chi connectivity index (χ1v) is 7.99. The van der Waals surface area contributed by atoms with Gasteiger partial charge in [0.1, 0.15) is 17.8 Å². The molecular weight excluding hydrogens is 278 g/mol. The number of carbonyl (C=O) groups is 1. The third kappa shape index (κ3) is 2.77. The van der Waals surface area contributed by atoms with Crippen LogP contribution in [0.2, 0.25) is 0 Å². The number of nitrogens with zero attached hydrogens (tertiary/aromatic N) is 5. The van der Waals surface area contributed by atoms with Crippen LogP contribution in [0.1, 0.15) is 48.4 Å².